The topological polar surface area (TPSA) is 41.5 Å². The number of hydrogen-bond donors (Lipinski definition) is 2. The van der Waals surface area contributed by atoms with Gasteiger partial charge in [-0.3, -0.25) is 0 Å². The fraction of sp³-hybridized carbons (Fsp3) is 0.571. The zero-order valence-electron chi connectivity index (χ0n) is 10.8. The van der Waals surface area contributed by atoms with Crippen LogP contribution >= 0.6 is 0 Å². The summed E-state index contributed by atoms with van der Waals surface area (Å²) in [5.74, 6) is 0.886. The molecule has 0 radical (unpaired) electrons. The van der Waals surface area contributed by atoms with E-state index in [9.17, 15) is 0 Å². The molecule has 1 aromatic rings. The summed E-state index contributed by atoms with van der Waals surface area (Å²) in [6.45, 7) is 5.94. The fourth-order valence-corrected chi connectivity index (χ4v) is 1.58. The van der Waals surface area contributed by atoms with Gasteiger partial charge >= 0.3 is 0 Å². The summed E-state index contributed by atoms with van der Waals surface area (Å²) in [5.41, 5.74) is 1.23. The Morgan fingerprint density at radius 2 is 2.00 bits per heavy atom. The summed E-state index contributed by atoms with van der Waals surface area (Å²) in [6.07, 6.45) is 1.82. The third-order valence-electron chi connectivity index (χ3n) is 2.63. The summed E-state index contributed by atoms with van der Waals surface area (Å²) in [7, 11) is 0. The van der Waals surface area contributed by atoms with E-state index in [0.29, 0.717) is 6.61 Å². The van der Waals surface area contributed by atoms with E-state index < -0.39 is 0 Å². The van der Waals surface area contributed by atoms with E-state index in [2.05, 4.69) is 19.2 Å². The van der Waals surface area contributed by atoms with Gasteiger partial charge in [0.15, 0.2) is 0 Å². The molecule has 1 rings (SSSR count). The standard InChI is InChI=1S/C14H23NO2/c1-3-9-15-13(8-10-16)11-17-14-6-4-12(2)5-7-14/h4-7,13,15-16H,3,8-11H2,1-2H3. The average molecular weight is 237 g/mol. The molecule has 3 nitrogen and oxygen atoms in total. The highest BCUT2D eigenvalue weighted by Crippen LogP contribution is 2.11. The summed E-state index contributed by atoms with van der Waals surface area (Å²) in [6, 6.07) is 8.25. The lowest BCUT2D eigenvalue weighted by Gasteiger charge is -2.18. The third-order valence-corrected chi connectivity index (χ3v) is 2.63. The lowest BCUT2D eigenvalue weighted by molar-refractivity contribution is 0.214. The molecule has 3 heteroatoms. The molecule has 17 heavy (non-hydrogen) atoms. The average Bonchev–Trinajstić information content (AvgIpc) is 2.35. The Kier molecular flexibility index (Phi) is 6.67. The van der Waals surface area contributed by atoms with Crippen molar-refractivity contribution >= 4 is 0 Å². The van der Waals surface area contributed by atoms with Gasteiger partial charge in [0, 0.05) is 12.6 Å². The molecular weight excluding hydrogens is 214 g/mol. The molecule has 0 heterocycles. The number of rotatable bonds is 8. The molecular formula is C14H23NO2. The molecule has 0 aliphatic carbocycles. The highest BCUT2D eigenvalue weighted by molar-refractivity contribution is 5.26. The van der Waals surface area contributed by atoms with Crippen molar-refractivity contribution < 1.29 is 9.84 Å². The van der Waals surface area contributed by atoms with Gasteiger partial charge in [-0.2, -0.15) is 0 Å². The van der Waals surface area contributed by atoms with Crippen LogP contribution in [0.5, 0.6) is 5.75 Å². The van der Waals surface area contributed by atoms with Crippen LogP contribution in [0.15, 0.2) is 24.3 Å². The van der Waals surface area contributed by atoms with Gasteiger partial charge in [0.05, 0.1) is 0 Å². The molecule has 96 valence electrons. The second-order valence-corrected chi connectivity index (χ2v) is 4.29. The minimum Gasteiger partial charge on any atom is -0.492 e. The molecule has 1 unspecified atom stereocenters. The van der Waals surface area contributed by atoms with Gasteiger partial charge < -0.3 is 15.2 Å². The van der Waals surface area contributed by atoms with E-state index in [1.807, 2.05) is 24.3 Å². The first-order valence-electron chi connectivity index (χ1n) is 6.30. The summed E-state index contributed by atoms with van der Waals surface area (Å²) in [4.78, 5) is 0. The monoisotopic (exact) mass is 237 g/mol. The Labute approximate surface area is 104 Å². The number of aryl methyl sites for hydroxylation is 1. The normalized spacial score (nSPS) is 12.4. The van der Waals surface area contributed by atoms with Gasteiger partial charge in [-0.15, -0.1) is 0 Å². The Morgan fingerprint density at radius 3 is 2.59 bits per heavy atom. The lowest BCUT2D eigenvalue weighted by Crippen LogP contribution is -2.36. The quantitative estimate of drug-likeness (QED) is 0.727. The number of nitrogens with one attached hydrogen (secondary N) is 1. The van der Waals surface area contributed by atoms with Gasteiger partial charge in [0.1, 0.15) is 12.4 Å². The zero-order chi connectivity index (χ0) is 12.5. The van der Waals surface area contributed by atoms with E-state index in [1.165, 1.54) is 5.56 Å². The van der Waals surface area contributed by atoms with Crippen LogP contribution in [0, 0.1) is 6.92 Å². The predicted molar refractivity (Wildman–Crippen MR) is 70.5 cm³/mol. The van der Waals surface area contributed by atoms with E-state index in [-0.39, 0.29) is 12.6 Å². The Balaban J connectivity index is 2.37. The molecule has 0 saturated carbocycles. The molecule has 0 amide bonds. The van der Waals surface area contributed by atoms with Gasteiger partial charge in [0.25, 0.3) is 0 Å². The van der Waals surface area contributed by atoms with Crippen LogP contribution in [0.4, 0.5) is 0 Å². The number of aliphatic hydroxyl groups is 1. The van der Waals surface area contributed by atoms with Crippen molar-refractivity contribution in [2.24, 2.45) is 0 Å². The Hall–Kier alpha value is -1.06. The van der Waals surface area contributed by atoms with Crippen molar-refractivity contribution in [3.63, 3.8) is 0 Å². The van der Waals surface area contributed by atoms with Crippen molar-refractivity contribution in [2.45, 2.75) is 32.7 Å². The van der Waals surface area contributed by atoms with Crippen LogP contribution < -0.4 is 10.1 Å². The number of hydrogen-bond acceptors (Lipinski definition) is 3. The highest BCUT2D eigenvalue weighted by atomic mass is 16.5. The van der Waals surface area contributed by atoms with E-state index in [0.717, 1.165) is 25.1 Å². The molecule has 2 N–H and O–H groups in total. The summed E-state index contributed by atoms with van der Waals surface area (Å²) in [5, 5.41) is 12.3. The second-order valence-electron chi connectivity index (χ2n) is 4.29. The van der Waals surface area contributed by atoms with Crippen molar-refractivity contribution in [2.75, 3.05) is 19.8 Å². The van der Waals surface area contributed by atoms with Crippen molar-refractivity contribution in [3.8, 4) is 5.75 Å². The molecule has 0 fully saturated rings. The summed E-state index contributed by atoms with van der Waals surface area (Å²) < 4.78 is 5.70. The molecule has 0 aromatic heterocycles. The number of benzene rings is 1. The summed E-state index contributed by atoms with van der Waals surface area (Å²) >= 11 is 0. The minimum atomic E-state index is 0.193. The van der Waals surface area contributed by atoms with E-state index in [4.69, 9.17) is 9.84 Å². The van der Waals surface area contributed by atoms with Crippen molar-refractivity contribution in [3.05, 3.63) is 29.8 Å². The Morgan fingerprint density at radius 1 is 1.29 bits per heavy atom. The van der Waals surface area contributed by atoms with Crippen molar-refractivity contribution in [1.29, 1.82) is 0 Å². The van der Waals surface area contributed by atoms with Crippen molar-refractivity contribution in [1.82, 2.24) is 5.32 Å². The van der Waals surface area contributed by atoms with Crippen LogP contribution in [-0.4, -0.2) is 30.9 Å². The maximum atomic E-state index is 8.97. The van der Waals surface area contributed by atoms with Crippen LogP contribution in [0.3, 0.4) is 0 Å². The predicted octanol–water partition coefficient (Wildman–Crippen LogP) is 2.12. The molecule has 0 aliphatic rings. The second kappa shape index (κ2) is 8.09. The molecule has 0 spiro atoms. The number of ether oxygens (including phenoxy) is 1. The fourth-order valence-electron chi connectivity index (χ4n) is 1.58. The molecule has 0 bridgehead atoms. The van der Waals surface area contributed by atoms with E-state index >= 15 is 0 Å². The maximum Gasteiger partial charge on any atom is 0.119 e. The van der Waals surface area contributed by atoms with E-state index in [1.54, 1.807) is 0 Å². The Bertz CT molecular complexity index is 298. The van der Waals surface area contributed by atoms with Gasteiger partial charge in [-0.25, -0.2) is 0 Å². The lowest BCUT2D eigenvalue weighted by atomic mass is 10.2. The van der Waals surface area contributed by atoms with Gasteiger partial charge in [-0.05, 0) is 38.4 Å². The van der Waals surface area contributed by atoms with Gasteiger partial charge in [-0.1, -0.05) is 24.6 Å². The van der Waals surface area contributed by atoms with Crippen LogP contribution in [0.1, 0.15) is 25.3 Å². The number of aliphatic hydroxyl groups excluding tert-OH is 1. The molecule has 1 atom stereocenters. The first-order valence-corrected chi connectivity index (χ1v) is 6.30. The largest absolute Gasteiger partial charge is 0.492 e. The third kappa shape index (κ3) is 5.71. The van der Waals surface area contributed by atoms with Crippen LogP contribution in [0.2, 0.25) is 0 Å². The van der Waals surface area contributed by atoms with Gasteiger partial charge in [0.2, 0.25) is 0 Å². The minimum absolute atomic E-state index is 0.193. The first-order chi connectivity index (χ1) is 8.26. The molecule has 1 aromatic carbocycles. The van der Waals surface area contributed by atoms with Crippen LogP contribution in [-0.2, 0) is 0 Å². The molecule has 0 saturated heterocycles. The molecule has 0 aliphatic heterocycles. The first kappa shape index (κ1) is 14.0. The maximum absolute atomic E-state index is 8.97. The van der Waals surface area contributed by atoms with Crippen LogP contribution in [0.25, 0.3) is 0 Å². The zero-order valence-corrected chi connectivity index (χ0v) is 10.8. The SMILES string of the molecule is CCCNC(CCO)COc1ccc(C)cc1. The smallest absolute Gasteiger partial charge is 0.119 e. The highest BCUT2D eigenvalue weighted by Gasteiger charge is 2.07.